The Morgan fingerprint density at radius 1 is 1.09 bits per heavy atom. The Bertz CT molecular complexity index is 1040. The van der Waals surface area contributed by atoms with Crippen molar-refractivity contribution in [3.8, 4) is 0 Å². The molecule has 33 heavy (non-hydrogen) atoms. The van der Waals surface area contributed by atoms with Gasteiger partial charge in [-0.05, 0) is 56.7 Å². The Labute approximate surface area is 194 Å². The summed E-state index contributed by atoms with van der Waals surface area (Å²) < 4.78 is 27.7. The molecule has 0 aromatic heterocycles. The molecule has 1 aromatic carbocycles. The number of rotatable bonds is 7. The third-order valence-corrected chi connectivity index (χ3v) is 8.93. The molecule has 2 heterocycles. The summed E-state index contributed by atoms with van der Waals surface area (Å²) in [6, 6.07) is 4.51. The maximum absolute atomic E-state index is 13.1. The fourth-order valence-corrected chi connectivity index (χ4v) is 6.79. The molecule has 1 saturated carbocycles. The molecule has 3 fully saturated rings. The maximum Gasteiger partial charge on any atom is 0.325 e. The number of imide groups is 1. The van der Waals surface area contributed by atoms with E-state index in [2.05, 4.69) is 10.6 Å². The van der Waals surface area contributed by atoms with E-state index >= 15 is 0 Å². The summed E-state index contributed by atoms with van der Waals surface area (Å²) in [6.45, 7) is 2.96. The highest BCUT2D eigenvalue weighted by Gasteiger charge is 2.52. The molecule has 4 rings (SSSR count). The lowest BCUT2D eigenvalue weighted by Gasteiger charge is -2.26. The third kappa shape index (κ3) is 4.77. The van der Waals surface area contributed by atoms with E-state index in [-0.39, 0.29) is 35.7 Å². The van der Waals surface area contributed by atoms with Gasteiger partial charge in [0.25, 0.3) is 5.91 Å². The van der Waals surface area contributed by atoms with Crippen LogP contribution in [0.1, 0.15) is 63.4 Å². The molecule has 10 heteroatoms. The molecule has 0 unspecified atom stereocenters. The molecule has 2 N–H and O–H groups in total. The van der Waals surface area contributed by atoms with Crippen molar-refractivity contribution in [1.29, 1.82) is 0 Å². The Kier molecular flexibility index (Phi) is 6.76. The fourth-order valence-electron chi connectivity index (χ4n) is 5.02. The van der Waals surface area contributed by atoms with Gasteiger partial charge in [0.1, 0.15) is 5.54 Å². The number of nitrogens with one attached hydrogen (secondary N) is 2. The number of nitrogens with zero attached hydrogens (tertiary/aromatic N) is 2. The van der Waals surface area contributed by atoms with Gasteiger partial charge in [-0.2, -0.15) is 4.31 Å². The molecule has 2 saturated heterocycles. The van der Waals surface area contributed by atoms with E-state index in [1.165, 1.54) is 15.3 Å². The zero-order valence-corrected chi connectivity index (χ0v) is 19.9. The van der Waals surface area contributed by atoms with E-state index < -0.39 is 15.6 Å². The molecule has 1 aliphatic carbocycles. The second kappa shape index (κ2) is 9.42. The van der Waals surface area contributed by atoms with Gasteiger partial charge >= 0.3 is 6.03 Å². The minimum absolute atomic E-state index is 0.117. The topological polar surface area (TPSA) is 116 Å². The van der Waals surface area contributed by atoms with Crippen LogP contribution >= 0.6 is 0 Å². The van der Waals surface area contributed by atoms with E-state index in [0.717, 1.165) is 32.1 Å². The predicted octanol–water partition coefficient (Wildman–Crippen LogP) is 2.75. The van der Waals surface area contributed by atoms with E-state index in [9.17, 15) is 22.8 Å². The molecule has 4 amide bonds. The highest BCUT2D eigenvalue weighted by Crippen LogP contribution is 2.35. The van der Waals surface area contributed by atoms with Gasteiger partial charge in [-0.3, -0.25) is 14.5 Å². The highest BCUT2D eigenvalue weighted by atomic mass is 32.2. The number of carbonyl (C=O) groups is 3. The number of hydrogen-bond donors (Lipinski definition) is 2. The van der Waals surface area contributed by atoms with Crippen molar-refractivity contribution >= 4 is 33.6 Å². The molecule has 1 spiro atoms. The molecule has 2 aliphatic heterocycles. The molecule has 0 atom stereocenters. The first kappa shape index (κ1) is 23.7. The van der Waals surface area contributed by atoms with Crippen LogP contribution < -0.4 is 10.6 Å². The van der Waals surface area contributed by atoms with Crippen molar-refractivity contribution < 1.29 is 22.8 Å². The molecule has 180 valence electrons. The van der Waals surface area contributed by atoms with Crippen LogP contribution in [0.25, 0.3) is 0 Å². The van der Waals surface area contributed by atoms with Crippen molar-refractivity contribution in [2.45, 2.75) is 75.1 Å². The second-order valence-corrected chi connectivity index (χ2v) is 11.2. The number of piperidine rings is 1. The average molecular weight is 477 g/mol. The van der Waals surface area contributed by atoms with E-state index in [1.807, 2.05) is 0 Å². The van der Waals surface area contributed by atoms with Crippen molar-refractivity contribution in [1.82, 2.24) is 14.5 Å². The lowest BCUT2D eigenvalue weighted by Crippen LogP contribution is -2.44. The zero-order chi connectivity index (χ0) is 23.6. The van der Waals surface area contributed by atoms with Gasteiger partial charge in [0.05, 0.1) is 4.90 Å². The van der Waals surface area contributed by atoms with Crippen molar-refractivity contribution in [3.05, 3.63) is 23.8 Å². The van der Waals surface area contributed by atoms with Gasteiger partial charge in [-0.25, -0.2) is 13.2 Å². The minimum Gasteiger partial charge on any atom is -0.326 e. The van der Waals surface area contributed by atoms with Gasteiger partial charge in [0, 0.05) is 31.7 Å². The summed E-state index contributed by atoms with van der Waals surface area (Å²) in [6.07, 6.45) is 6.39. The van der Waals surface area contributed by atoms with Gasteiger partial charge in [0.15, 0.2) is 0 Å². The smallest absolute Gasteiger partial charge is 0.325 e. The lowest BCUT2D eigenvalue weighted by atomic mass is 9.98. The normalized spacial score (nSPS) is 20.9. The number of benzene rings is 1. The first-order valence-corrected chi connectivity index (χ1v) is 13.2. The number of hydrogen-bond acceptors (Lipinski definition) is 5. The molecule has 9 nitrogen and oxygen atoms in total. The quantitative estimate of drug-likeness (QED) is 0.587. The van der Waals surface area contributed by atoms with E-state index in [1.54, 1.807) is 19.1 Å². The van der Waals surface area contributed by atoms with Gasteiger partial charge in [-0.15, -0.1) is 0 Å². The summed E-state index contributed by atoms with van der Waals surface area (Å²) in [7, 11) is -3.61. The first-order chi connectivity index (χ1) is 15.7. The lowest BCUT2D eigenvalue weighted by molar-refractivity contribution is -0.131. The molecular formula is C23H32N4O5S. The van der Waals surface area contributed by atoms with Crippen molar-refractivity contribution in [2.75, 3.05) is 25.0 Å². The molecule has 3 aliphatic rings. The minimum atomic E-state index is -3.61. The monoisotopic (exact) mass is 476 g/mol. The number of amides is 4. The molecule has 0 radical (unpaired) electrons. The van der Waals surface area contributed by atoms with Crippen LogP contribution in [0, 0.1) is 6.92 Å². The number of urea groups is 1. The van der Waals surface area contributed by atoms with Crippen LogP contribution in [0.5, 0.6) is 0 Å². The van der Waals surface area contributed by atoms with Gasteiger partial charge < -0.3 is 10.6 Å². The number of carbonyl (C=O) groups excluding carboxylic acids is 3. The second-order valence-electron chi connectivity index (χ2n) is 9.27. The first-order valence-electron chi connectivity index (χ1n) is 11.8. The third-order valence-electron chi connectivity index (χ3n) is 6.89. The summed E-state index contributed by atoms with van der Waals surface area (Å²) in [4.78, 5) is 38.8. The maximum atomic E-state index is 13.1. The number of anilines is 1. The Morgan fingerprint density at radius 3 is 2.48 bits per heavy atom. The molecule has 0 bridgehead atoms. The SMILES string of the molecule is Cc1ccc(NC(=O)CCCN2C(=O)NC3(CCCC3)C2=O)cc1S(=O)(=O)N1CCCCC1. The number of aryl methyl sites for hydroxylation is 1. The molecular weight excluding hydrogens is 444 g/mol. The highest BCUT2D eigenvalue weighted by molar-refractivity contribution is 7.89. The average Bonchev–Trinajstić information content (AvgIpc) is 3.35. The van der Waals surface area contributed by atoms with E-state index in [0.29, 0.717) is 43.6 Å². The van der Waals surface area contributed by atoms with Gasteiger partial charge in [0.2, 0.25) is 15.9 Å². The largest absolute Gasteiger partial charge is 0.326 e. The van der Waals surface area contributed by atoms with Crippen LogP contribution in [0.2, 0.25) is 0 Å². The fraction of sp³-hybridized carbons (Fsp3) is 0.609. The van der Waals surface area contributed by atoms with Crippen molar-refractivity contribution in [3.63, 3.8) is 0 Å². The van der Waals surface area contributed by atoms with Gasteiger partial charge in [-0.1, -0.05) is 25.3 Å². The van der Waals surface area contributed by atoms with Crippen molar-refractivity contribution in [2.24, 2.45) is 0 Å². The predicted molar refractivity (Wildman–Crippen MR) is 123 cm³/mol. The Morgan fingerprint density at radius 2 is 1.79 bits per heavy atom. The van der Waals surface area contributed by atoms with E-state index in [4.69, 9.17) is 0 Å². The Balaban J connectivity index is 1.34. The summed E-state index contributed by atoms with van der Waals surface area (Å²) in [5.41, 5.74) is 0.316. The summed E-state index contributed by atoms with van der Waals surface area (Å²) in [5.74, 6) is -0.473. The Hall–Kier alpha value is -2.46. The standard InChI is InChI=1S/C23H32N4O5S/c1-17-9-10-18(16-19(17)33(31,32)26-13-5-2-6-14-26)24-20(28)8-7-15-27-21(29)23(25-22(27)30)11-3-4-12-23/h9-10,16H,2-8,11-15H2,1H3,(H,24,28)(H,25,30). The molecule has 1 aromatic rings. The van der Waals surface area contributed by atoms with Crippen LogP contribution in [0.3, 0.4) is 0 Å². The van der Waals surface area contributed by atoms with Crippen LogP contribution in [0.15, 0.2) is 23.1 Å². The van der Waals surface area contributed by atoms with Crippen LogP contribution in [-0.2, 0) is 19.6 Å². The summed E-state index contributed by atoms with van der Waals surface area (Å²) >= 11 is 0. The van der Waals surface area contributed by atoms with Crippen LogP contribution in [0.4, 0.5) is 10.5 Å². The summed E-state index contributed by atoms with van der Waals surface area (Å²) in [5, 5.41) is 5.59. The van der Waals surface area contributed by atoms with Crippen LogP contribution in [-0.4, -0.2) is 60.6 Å². The zero-order valence-electron chi connectivity index (χ0n) is 19.1. The number of sulfonamides is 1.